The Hall–Kier alpha value is -1.20. The second kappa shape index (κ2) is 9.93. The first kappa shape index (κ1) is 10.7. The Bertz CT molecular complexity index is 117. The molecule has 0 bridgehead atoms. The fourth-order valence-electron chi connectivity index (χ4n) is 0.142. The van der Waals surface area contributed by atoms with Crippen molar-refractivity contribution in [3.8, 4) is 0 Å². The molecule has 0 aliphatic rings. The van der Waals surface area contributed by atoms with Crippen LogP contribution in [0.1, 0.15) is 6.92 Å². The van der Waals surface area contributed by atoms with E-state index in [9.17, 15) is 0 Å². The van der Waals surface area contributed by atoms with Crippen LogP contribution in [0.25, 0.3) is 0 Å². The second-order valence-corrected chi connectivity index (χ2v) is 1.24. The van der Waals surface area contributed by atoms with Gasteiger partial charge in [0.25, 0.3) is 0 Å². The predicted molar refractivity (Wildman–Crippen MR) is 40.9 cm³/mol. The van der Waals surface area contributed by atoms with Gasteiger partial charge in [0.15, 0.2) is 0 Å². The second-order valence-electron chi connectivity index (χ2n) is 1.24. The van der Waals surface area contributed by atoms with Gasteiger partial charge in [-0.1, -0.05) is 26.3 Å². The summed E-state index contributed by atoms with van der Waals surface area (Å²) in [5.41, 5.74) is 2.25. The van der Waals surface area contributed by atoms with Gasteiger partial charge in [-0.25, -0.2) is 0 Å². The molecule has 0 aliphatic carbocycles. The van der Waals surface area contributed by atoms with Crippen molar-refractivity contribution < 1.29 is 4.74 Å². The average molecular weight is 124 g/mol. The molecule has 0 aromatic rings. The van der Waals surface area contributed by atoms with Crippen LogP contribution in [0.5, 0.6) is 0 Å². The lowest BCUT2D eigenvalue weighted by atomic mass is 10.7. The van der Waals surface area contributed by atoms with Crippen LogP contribution in [0.4, 0.5) is 0 Å². The number of hydrogen-bond donors (Lipinski definition) is 0. The zero-order chi connectivity index (χ0) is 7.70. The molecular formula is C8H12O. The molecule has 50 valence electrons. The molecule has 0 aromatic carbocycles. The fourth-order valence-corrected chi connectivity index (χ4v) is 0.142. The summed E-state index contributed by atoms with van der Waals surface area (Å²) < 4.78 is 4.61. The summed E-state index contributed by atoms with van der Waals surface area (Å²) in [7, 11) is 0. The van der Waals surface area contributed by atoms with Crippen LogP contribution in [-0.2, 0) is 4.74 Å². The molecule has 1 heteroatoms. The van der Waals surface area contributed by atoms with Crippen LogP contribution in [0.3, 0.4) is 0 Å². The highest BCUT2D eigenvalue weighted by Gasteiger charge is 1.69. The Morgan fingerprint density at radius 2 is 1.89 bits per heavy atom. The first-order valence-corrected chi connectivity index (χ1v) is 2.41. The lowest BCUT2D eigenvalue weighted by Crippen LogP contribution is -1.68. The van der Waals surface area contributed by atoms with Gasteiger partial charge in [-0.05, 0) is 6.92 Å². The molecule has 0 amide bonds. The normalized spacial score (nSPS) is 5.44. The van der Waals surface area contributed by atoms with E-state index in [1.165, 1.54) is 6.26 Å². The van der Waals surface area contributed by atoms with Crippen molar-refractivity contribution in [2.75, 3.05) is 0 Å². The minimum Gasteiger partial charge on any atom is -0.471 e. The van der Waals surface area contributed by atoms with Crippen molar-refractivity contribution in [3.63, 3.8) is 0 Å². The summed E-state index contributed by atoms with van der Waals surface area (Å²) in [5.74, 6) is 0.671. The van der Waals surface area contributed by atoms with Crippen LogP contribution < -0.4 is 0 Å². The van der Waals surface area contributed by atoms with Crippen molar-refractivity contribution in [1.29, 1.82) is 0 Å². The zero-order valence-electron chi connectivity index (χ0n) is 5.81. The van der Waals surface area contributed by atoms with Crippen molar-refractivity contribution in [2.24, 2.45) is 0 Å². The third-order valence-electron chi connectivity index (χ3n) is 0.285. The van der Waals surface area contributed by atoms with Crippen LogP contribution in [0, 0.1) is 0 Å². The molecule has 0 spiro atoms. The van der Waals surface area contributed by atoms with Crippen LogP contribution >= 0.6 is 0 Å². The van der Waals surface area contributed by atoms with Crippen LogP contribution in [-0.4, -0.2) is 0 Å². The molecule has 0 N–H and O–H groups in total. The first-order chi connectivity index (χ1) is 4.18. The highest BCUT2D eigenvalue weighted by atomic mass is 16.5. The van der Waals surface area contributed by atoms with Crippen molar-refractivity contribution >= 4 is 0 Å². The third-order valence-corrected chi connectivity index (χ3v) is 0.285. The van der Waals surface area contributed by atoms with Crippen molar-refractivity contribution in [2.45, 2.75) is 6.92 Å². The number of allylic oxidation sites excluding steroid dienone is 1. The van der Waals surface area contributed by atoms with Gasteiger partial charge in [0.1, 0.15) is 0 Å². The van der Waals surface area contributed by atoms with E-state index >= 15 is 0 Å². The standard InChI is InChI=1S/C5H8O.C3H4/c1-4-6-5(2)3;1-3-2/h4H,1-2H2,3H3;1-2H2. The Balaban J connectivity index is 0. The molecule has 9 heavy (non-hydrogen) atoms. The molecule has 0 atom stereocenters. The Kier molecular flexibility index (Phi) is 11.8. The molecular weight excluding hydrogens is 112 g/mol. The molecule has 0 aliphatic heterocycles. The van der Waals surface area contributed by atoms with E-state index in [1.807, 2.05) is 0 Å². The predicted octanol–water partition coefficient (Wildman–Crippen LogP) is 2.64. The maximum absolute atomic E-state index is 4.61. The number of hydrogen-bond acceptors (Lipinski definition) is 1. The molecule has 0 radical (unpaired) electrons. The fraction of sp³-hybridized carbons (Fsp3) is 0.125. The summed E-state index contributed by atoms with van der Waals surface area (Å²) in [5, 5.41) is 0. The molecule has 1 nitrogen and oxygen atoms in total. The Labute approximate surface area is 56.7 Å². The van der Waals surface area contributed by atoms with E-state index in [0.717, 1.165) is 0 Å². The molecule has 0 unspecified atom stereocenters. The topological polar surface area (TPSA) is 9.23 Å². The molecule has 0 rings (SSSR count). The summed E-state index contributed by atoms with van der Waals surface area (Å²) >= 11 is 0. The molecule has 0 saturated carbocycles. The van der Waals surface area contributed by atoms with Gasteiger partial charge in [0, 0.05) is 0 Å². The van der Waals surface area contributed by atoms with Gasteiger partial charge < -0.3 is 4.74 Å². The van der Waals surface area contributed by atoms with E-state index in [1.54, 1.807) is 6.92 Å². The summed E-state index contributed by atoms with van der Waals surface area (Å²) in [6.45, 7) is 14.8. The van der Waals surface area contributed by atoms with Gasteiger partial charge in [-0.3, -0.25) is 0 Å². The highest BCUT2D eigenvalue weighted by Crippen LogP contribution is 1.86. The Morgan fingerprint density at radius 1 is 1.56 bits per heavy atom. The van der Waals surface area contributed by atoms with E-state index in [2.05, 4.69) is 36.8 Å². The van der Waals surface area contributed by atoms with Crippen LogP contribution in [0.15, 0.2) is 44.1 Å². The van der Waals surface area contributed by atoms with Crippen LogP contribution in [0.2, 0.25) is 0 Å². The summed E-state index contributed by atoms with van der Waals surface area (Å²) in [4.78, 5) is 0. The van der Waals surface area contributed by atoms with Gasteiger partial charge >= 0.3 is 0 Å². The minimum absolute atomic E-state index is 0.671. The summed E-state index contributed by atoms with van der Waals surface area (Å²) in [6.07, 6.45) is 1.35. The third kappa shape index (κ3) is 48.4. The van der Waals surface area contributed by atoms with E-state index in [0.29, 0.717) is 5.76 Å². The molecule has 0 saturated heterocycles. The van der Waals surface area contributed by atoms with Crippen molar-refractivity contribution in [1.82, 2.24) is 0 Å². The van der Waals surface area contributed by atoms with Gasteiger partial charge in [0.05, 0.1) is 12.0 Å². The van der Waals surface area contributed by atoms with E-state index in [4.69, 9.17) is 0 Å². The Morgan fingerprint density at radius 3 is 1.89 bits per heavy atom. The molecule has 0 aromatic heterocycles. The smallest absolute Gasteiger partial charge is 0.0929 e. The summed E-state index contributed by atoms with van der Waals surface area (Å²) in [6, 6.07) is 0. The number of ether oxygens (including phenoxy) is 1. The largest absolute Gasteiger partial charge is 0.471 e. The van der Waals surface area contributed by atoms with Gasteiger partial charge in [-0.15, -0.1) is 5.73 Å². The lowest BCUT2D eigenvalue weighted by Gasteiger charge is -1.90. The number of rotatable bonds is 2. The maximum Gasteiger partial charge on any atom is 0.0929 e. The molecule has 0 fully saturated rings. The minimum atomic E-state index is 0.671. The van der Waals surface area contributed by atoms with Crippen molar-refractivity contribution in [3.05, 3.63) is 44.1 Å². The SMILES string of the molecule is C=C=C.C=COC(=C)C. The zero-order valence-corrected chi connectivity index (χ0v) is 5.81. The highest BCUT2D eigenvalue weighted by molar-refractivity contribution is 4.76. The first-order valence-electron chi connectivity index (χ1n) is 2.41. The quantitative estimate of drug-likeness (QED) is 0.406. The maximum atomic E-state index is 4.61. The average Bonchev–Trinajstić information content (AvgIpc) is 1.67. The molecule has 0 heterocycles. The van der Waals surface area contributed by atoms with E-state index < -0.39 is 0 Å². The van der Waals surface area contributed by atoms with Gasteiger partial charge in [0.2, 0.25) is 0 Å². The van der Waals surface area contributed by atoms with Gasteiger partial charge in [-0.2, -0.15) is 0 Å². The monoisotopic (exact) mass is 124 g/mol. The van der Waals surface area contributed by atoms with E-state index in [-0.39, 0.29) is 0 Å². The lowest BCUT2D eigenvalue weighted by molar-refractivity contribution is 0.357.